The standard InChI is InChI=1S/C25H22Cl2N2O5/c26-16-3-7-18(8-4-16)33-14-22-20(25(31)32)11-12-21(28-22)23-2-1-13-29(23)24(30)15-34-19-9-5-17(27)6-10-19/h3-12,23H,1-2,13-15H2,(H,31,32)/t23-/m1/s1. The zero-order valence-corrected chi connectivity index (χ0v) is 19.6. The second-order valence-electron chi connectivity index (χ2n) is 7.77. The lowest BCUT2D eigenvalue weighted by Gasteiger charge is -2.25. The highest BCUT2D eigenvalue weighted by molar-refractivity contribution is 6.30. The fourth-order valence-electron chi connectivity index (χ4n) is 3.82. The van der Waals surface area contributed by atoms with Gasteiger partial charge in [-0.3, -0.25) is 9.78 Å². The summed E-state index contributed by atoms with van der Waals surface area (Å²) >= 11 is 11.8. The van der Waals surface area contributed by atoms with E-state index in [-0.39, 0.29) is 36.4 Å². The van der Waals surface area contributed by atoms with Gasteiger partial charge < -0.3 is 19.5 Å². The molecule has 7 nitrogen and oxygen atoms in total. The Morgan fingerprint density at radius 3 is 2.18 bits per heavy atom. The second kappa shape index (κ2) is 10.8. The number of carbonyl (C=O) groups excluding carboxylic acids is 1. The largest absolute Gasteiger partial charge is 0.487 e. The highest BCUT2D eigenvalue weighted by atomic mass is 35.5. The maximum atomic E-state index is 12.9. The predicted octanol–water partition coefficient (Wildman–Crippen LogP) is 5.41. The van der Waals surface area contributed by atoms with Crippen LogP contribution in [0.25, 0.3) is 0 Å². The quantitative estimate of drug-likeness (QED) is 0.444. The predicted molar refractivity (Wildman–Crippen MR) is 128 cm³/mol. The first-order valence-corrected chi connectivity index (χ1v) is 11.5. The number of pyridine rings is 1. The Kier molecular flexibility index (Phi) is 7.55. The first-order valence-electron chi connectivity index (χ1n) is 10.7. The number of carboxylic acid groups (broad SMARTS) is 1. The van der Waals surface area contributed by atoms with E-state index in [1.54, 1.807) is 59.5 Å². The first-order chi connectivity index (χ1) is 16.4. The molecule has 3 aromatic rings. The highest BCUT2D eigenvalue weighted by Gasteiger charge is 2.32. The van der Waals surface area contributed by atoms with Gasteiger partial charge >= 0.3 is 5.97 Å². The molecule has 1 saturated heterocycles. The van der Waals surface area contributed by atoms with Gasteiger partial charge in [0.25, 0.3) is 5.91 Å². The van der Waals surface area contributed by atoms with Crippen molar-refractivity contribution in [2.45, 2.75) is 25.5 Å². The molecule has 0 aliphatic carbocycles. The number of likely N-dealkylation sites (tertiary alicyclic amines) is 1. The molecule has 0 unspecified atom stereocenters. The van der Waals surface area contributed by atoms with Crippen molar-refractivity contribution in [1.29, 1.82) is 0 Å². The maximum absolute atomic E-state index is 12.9. The van der Waals surface area contributed by atoms with E-state index in [1.165, 1.54) is 6.07 Å². The van der Waals surface area contributed by atoms with Crippen molar-refractivity contribution >= 4 is 35.1 Å². The van der Waals surface area contributed by atoms with Crippen molar-refractivity contribution in [2.24, 2.45) is 0 Å². The molecule has 1 amide bonds. The number of carboxylic acids is 1. The number of hydrogen-bond donors (Lipinski definition) is 1. The Labute approximate surface area is 206 Å². The van der Waals surface area contributed by atoms with Crippen LogP contribution in [-0.4, -0.2) is 40.0 Å². The van der Waals surface area contributed by atoms with E-state index < -0.39 is 5.97 Å². The molecule has 1 N–H and O–H groups in total. The van der Waals surface area contributed by atoms with E-state index >= 15 is 0 Å². The fourth-order valence-corrected chi connectivity index (χ4v) is 4.07. The summed E-state index contributed by atoms with van der Waals surface area (Å²) in [4.78, 5) is 30.9. The Morgan fingerprint density at radius 1 is 0.941 bits per heavy atom. The third kappa shape index (κ3) is 5.79. The highest BCUT2D eigenvalue weighted by Crippen LogP contribution is 2.32. The Bertz CT molecular complexity index is 1170. The monoisotopic (exact) mass is 500 g/mol. The van der Waals surface area contributed by atoms with Crippen molar-refractivity contribution in [2.75, 3.05) is 13.2 Å². The number of amides is 1. The molecule has 34 heavy (non-hydrogen) atoms. The smallest absolute Gasteiger partial charge is 0.337 e. The van der Waals surface area contributed by atoms with Crippen LogP contribution in [0, 0.1) is 0 Å². The van der Waals surface area contributed by atoms with Gasteiger partial charge in [0, 0.05) is 16.6 Å². The number of aromatic nitrogens is 1. The van der Waals surface area contributed by atoms with Gasteiger partial charge in [0.1, 0.15) is 18.1 Å². The van der Waals surface area contributed by atoms with E-state index in [1.807, 2.05) is 0 Å². The van der Waals surface area contributed by atoms with E-state index in [9.17, 15) is 14.7 Å². The molecule has 0 spiro atoms. The van der Waals surface area contributed by atoms with E-state index in [2.05, 4.69) is 4.98 Å². The van der Waals surface area contributed by atoms with E-state index in [4.69, 9.17) is 32.7 Å². The molecule has 9 heteroatoms. The molecule has 1 atom stereocenters. The lowest BCUT2D eigenvalue weighted by molar-refractivity contribution is -0.134. The van der Waals surface area contributed by atoms with Crippen LogP contribution in [-0.2, 0) is 11.4 Å². The molecular formula is C25H22Cl2N2O5. The summed E-state index contributed by atoms with van der Waals surface area (Å²) in [6.45, 7) is 0.432. The molecule has 0 bridgehead atoms. The molecule has 1 aliphatic heterocycles. The molecule has 0 saturated carbocycles. The fraction of sp³-hybridized carbons (Fsp3) is 0.240. The average Bonchev–Trinajstić information content (AvgIpc) is 3.33. The Balaban J connectivity index is 1.48. The first kappa shape index (κ1) is 23.9. The topological polar surface area (TPSA) is 89.0 Å². The molecule has 176 valence electrons. The minimum atomic E-state index is -1.09. The molecule has 2 heterocycles. The average molecular weight is 501 g/mol. The van der Waals surface area contributed by atoms with Gasteiger partial charge in [-0.1, -0.05) is 23.2 Å². The summed E-state index contributed by atoms with van der Waals surface area (Å²) in [6, 6.07) is 16.5. The lowest BCUT2D eigenvalue weighted by atomic mass is 10.1. The number of carbonyl (C=O) groups is 2. The normalized spacial score (nSPS) is 15.2. The zero-order valence-electron chi connectivity index (χ0n) is 18.1. The van der Waals surface area contributed by atoms with Crippen molar-refractivity contribution in [3.63, 3.8) is 0 Å². The number of ether oxygens (including phenoxy) is 2. The molecule has 0 radical (unpaired) electrons. The molecule has 1 aliphatic rings. The van der Waals surface area contributed by atoms with Crippen LogP contribution < -0.4 is 9.47 Å². The van der Waals surface area contributed by atoms with Crippen molar-refractivity contribution in [1.82, 2.24) is 9.88 Å². The Morgan fingerprint density at radius 2 is 1.56 bits per heavy atom. The van der Waals surface area contributed by atoms with Gasteiger partial charge in [-0.25, -0.2) is 4.79 Å². The van der Waals surface area contributed by atoms with Crippen molar-refractivity contribution in [3.05, 3.63) is 87.7 Å². The third-order valence-corrected chi connectivity index (χ3v) is 6.01. The number of benzene rings is 2. The van der Waals surface area contributed by atoms with Crippen LogP contribution in [0.1, 0.15) is 40.6 Å². The van der Waals surface area contributed by atoms with Crippen molar-refractivity contribution in [3.8, 4) is 11.5 Å². The SMILES string of the molecule is O=C(O)c1ccc([C@H]2CCCN2C(=O)COc2ccc(Cl)cc2)nc1COc1ccc(Cl)cc1. The summed E-state index contributed by atoms with van der Waals surface area (Å²) in [6.07, 6.45) is 1.54. The van der Waals surface area contributed by atoms with Gasteiger partial charge in [-0.2, -0.15) is 0 Å². The van der Waals surface area contributed by atoms with Crippen LogP contribution in [0.4, 0.5) is 0 Å². The van der Waals surface area contributed by atoms with Gasteiger partial charge in [0.2, 0.25) is 0 Å². The minimum Gasteiger partial charge on any atom is -0.487 e. The van der Waals surface area contributed by atoms with Gasteiger partial charge in [-0.15, -0.1) is 0 Å². The molecule has 1 aromatic heterocycles. The number of nitrogens with zero attached hydrogens (tertiary/aromatic N) is 2. The van der Waals surface area contributed by atoms with Crippen LogP contribution in [0.3, 0.4) is 0 Å². The van der Waals surface area contributed by atoms with Crippen LogP contribution in [0.2, 0.25) is 10.0 Å². The number of rotatable bonds is 8. The summed E-state index contributed by atoms with van der Waals surface area (Å²) in [5.74, 6) is -0.158. The zero-order chi connectivity index (χ0) is 24.1. The molecule has 1 fully saturated rings. The van der Waals surface area contributed by atoms with Gasteiger partial charge in [0.05, 0.1) is 23.0 Å². The summed E-state index contributed by atoms with van der Waals surface area (Å²) in [5.41, 5.74) is 0.966. The summed E-state index contributed by atoms with van der Waals surface area (Å²) in [7, 11) is 0. The van der Waals surface area contributed by atoms with E-state index in [0.29, 0.717) is 33.8 Å². The molecule has 2 aromatic carbocycles. The maximum Gasteiger partial charge on any atom is 0.337 e. The number of hydrogen-bond acceptors (Lipinski definition) is 5. The lowest BCUT2D eigenvalue weighted by Crippen LogP contribution is -2.35. The third-order valence-electron chi connectivity index (χ3n) is 5.51. The minimum absolute atomic E-state index is 0.0303. The number of halogens is 2. The molecule has 4 rings (SSSR count). The number of aromatic carboxylic acids is 1. The Hall–Kier alpha value is -3.29. The van der Waals surface area contributed by atoms with Gasteiger partial charge in [0.15, 0.2) is 6.61 Å². The molecular weight excluding hydrogens is 479 g/mol. The summed E-state index contributed by atoms with van der Waals surface area (Å²) in [5, 5.41) is 10.8. The van der Waals surface area contributed by atoms with Crippen molar-refractivity contribution < 1.29 is 24.2 Å². The van der Waals surface area contributed by atoms with E-state index in [0.717, 1.165) is 12.8 Å². The van der Waals surface area contributed by atoms with Gasteiger partial charge in [-0.05, 0) is 73.5 Å². The second-order valence-corrected chi connectivity index (χ2v) is 8.64. The van der Waals surface area contributed by atoms with Crippen LogP contribution >= 0.6 is 23.2 Å². The van der Waals surface area contributed by atoms with Crippen LogP contribution in [0.5, 0.6) is 11.5 Å². The summed E-state index contributed by atoms with van der Waals surface area (Å²) < 4.78 is 11.3. The van der Waals surface area contributed by atoms with Crippen LogP contribution in [0.15, 0.2) is 60.7 Å².